The van der Waals surface area contributed by atoms with Gasteiger partial charge in [0.05, 0.1) is 0 Å². The third-order valence-electron chi connectivity index (χ3n) is 3.06. The van der Waals surface area contributed by atoms with Crippen molar-refractivity contribution in [1.29, 1.82) is 0 Å². The summed E-state index contributed by atoms with van der Waals surface area (Å²) in [7, 11) is 0. The molecule has 0 saturated heterocycles. The van der Waals surface area contributed by atoms with E-state index in [1.54, 1.807) is 12.3 Å². The molecule has 0 atom stereocenters. The predicted octanol–water partition coefficient (Wildman–Crippen LogP) is 3.53. The van der Waals surface area contributed by atoms with Crippen molar-refractivity contribution in [3.63, 3.8) is 0 Å². The second kappa shape index (κ2) is 7.80. The third-order valence-corrected chi connectivity index (χ3v) is 3.31. The Morgan fingerprint density at radius 1 is 1.23 bits per heavy atom. The number of hydrogen-bond acceptors (Lipinski definition) is 3. The standard InChI is InChI=1S/C17H20ClN3O/c1-12(2)21-15-8-10-19-16(11-15)17(22)20-9-7-13-3-5-14(18)6-4-13/h3-6,8,10-12H,7,9H2,1-2H3,(H,19,21)(H,20,22). The van der Waals surface area contributed by atoms with E-state index in [9.17, 15) is 4.79 Å². The molecule has 1 amide bonds. The van der Waals surface area contributed by atoms with E-state index in [1.807, 2.05) is 44.2 Å². The maximum Gasteiger partial charge on any atom is 0.269 e. The molecule has 1 aromatic carbocycles. The SMILES string of the molecule is CC(C)Nc1ccnc(C(=O)NCCc2ccc(Cl)cc2)c1. The van der Waals surface area contributed by atoms with Crippen LogP contribution >= 0.6 is 11.6 Å². The summed E-state index contributed by atoms with van der Waals surface area (Å²) in [5.74, 6) is -0.165. The number of halogens is 1. The summed E-state index contributed by atoms with van der Waals surface area (Å²) in [4.78, 5) is 16.2. The molecular weight excluding hydrogens is 298 g/mol. The first-order valence-electron chi connectivity index (χ1n) is 7.30. The molecule has 0 aliphatic rings. The molecule has 0 aliphatic carbocycles. The summed E-state index contributed by atoms with van der Waals surface area (Å²) < 4.78 is 0. The predicted molar refractivity (Wildman–Crippen MR) is 90.5 cm³/mol. The molecule has 5 heteroatoms. The fourth-order valence-electron chi connectivity index (χ4n) is 2.04. The van der Waals surface area contributed by atoms with E-state index >= 15 is 0 Å². The number of nitrogens with zero attached hydrogens (tertiary/aromatic N) is 1. The van der Waals surface area contributed by atoms with Crippen molar-refractivity contribution >= 4 is 23.2 Å². The lowest BCUT2D eigenvalue weighted by Crippen LogP contribution is -2.26. The first-order chi connectivity index (χ1) is 10.5. The minimum Gasteiger partial charge on any atom is -0.383 e. The number of aromatic nitrogens is 1. The van der Waals surface area contributed by atoms with E-state index in [2.05, 4.69) is 15.6 Å². The van der Waals surface area contributed by atoms with Gasteiger partial charge in [0.2, 0.25) is 0 Å². The van der Waals surface area contributed by atoms with Crippen molar-refractivity contribution in [3.05, 3.63) is 58.9 Å². The van der Waals surface area contributed by atoms with Crippen LogP contribution in [0.2, 0.25) is 5.02 Å². The van der Waals surface area contributed by atoms with Crippen LogP contribution in [0.4, 0.5) is 5.69 Å². The average molecular weight is 318 g/mol. The largest absolute Gasteiger partial charge is 0.383 e. The molecule has 22 heavy (non-hydrogen) atoms. The molecule has 0 fully saturated rings. The molecule has 2 N–H and O–H groups in total. The molecule has 0 aliphatic heterocycles. The summed E-state index contributed by atoms with van der Waals surface area (Å²) in [6.45, 7) is 4.66. The van der Waals surface area contributed by atoms with E-state index in [1.165, 1.54) is 0 Å². The van der Waals surface area contributed by atoms with E-state index in [0.717, 1.165) is 17.7 Å². The highest BCUT2D eigenvalue weighted by Crippen LogP contribution is 2.11. The number of anilines is 1. The number of rotatable bonds is 6. The summed E-state index contributed by atoms with van der Waals surface area (Å²) >= 11 is 5.84. The van der Waals surface area contributed by atoms with Crippen molar-refractivity contribution < 1.29 is 4.79 Å². The highest BCUT2D eigenvalue weighted by Gasteiger charge is 2.08. The fraction of sp³-hybridized carbons (Fsp3) is 0.294. The van der Waals surface area contributed by atoms with Crippen LogP contribution in [0.3, 0.4) is 0 Å². The van der Waals surface area contributed by atoms with Crippen LogP contribution in [-0.2, 0) is 6.42 Å². The fourth-order valence-corrected chi connectivity index (χ4v) is 2.17. The quantitative estimate of drug-likeness (QED) is 0.857. The van der Waals surface area contributed by atoms with Gasteiger partial charge in [0.15, 0.2) is 0 Å². The van der Waals surface area contributed by atoms with Gasteiger partial charge in [-0.3, -0.25) is 9.78 Å². The topological polar surface area (TPSA) is 54.0 Å². The van der Waals surface area contributed by atoms with Gasteiger partial charge in [-0.25, -0.2) is 0 Å². The second-order valence-corrected chi connectivity index (χ2v) is 5.80. The number of carbonyl (C=O) groups excluding carboxylic acids is 1. The number of benzene rings is 1. The highest BCUT2D eigenvalue weighted by atomic mass is 35.5. The molecule has 2 rings (SSSR count). The average Bonchev–Trinajstić information content (AvgIpc) is 2.49. The van der Waals surface area contributed by atoms with Gasteiger partial charge >= 0.3 is 0 Å². The summed E-state index contributed by atoms with van der Waals surface area (Å²) in [6, 6.07) is 11.5. The Morgan fingerprint density at radius 2 is 1.95 bits per heavy atom. The van der Waals surface area contributed by atoms with Crippen LogP contribution in [0.5, 0.6) is 0 Å². The molecule has 0 radical (unpaired) electrons. The lowest BCUT2D eigenvalue weighted by molar-refractivity contribution is 0.0949. The van der Waals surface area contributed by atoms with Gasteiger partial charge in [0.25, 0.3) is 5.91 Å². The maximum atomic E-state index is 12.1. The highest BCUT2D eigenvalue weighted by molar-refractivity contribution is 6.30. The zero-order valence-electron chi connectivity index (χ0n) is 12.8. The summed E-state index contributed by atoms with van der Waals surface area (Å²) in [5, 5.41) is 6.85. The van der Waals surface area contributed by atoms with E-state index < -0.39 is 0 Å². The molecule has 1 heterocycles. The van der Waals surface area contributed by atoms with Crippen LogP contribution in [0.15, 0.2) is 42.6 Å². The van der Waals surface area contributed by atoms with Gasteiger partial charge in [-0.1, -0.05) is 23.7 Å². The lowest BCUT2D eigenvalue weighted by Gasteiger charge is -2.11. The molecule has 0 unspecified atom stereocenters. The zero-order valence-corrected chi connectivity index (χ0v) is 13.5. The van der Waals surface area contributed by atoms with Crippen molar-refractivity contribution in [2.75, 3.05) is 11.9 Å². The number of pyridine rings is 1. The van der Waals surface area contributed by atoms with E-state index in [0.29, 0.717) is 23.3 Å². The molecule has 1 aromatic heterocycles. The normalized spacial score (nSPS) is 10.5. The molecular formula is C17H20ClN3O. The van der Waals surface area contributed by atoms with Crippen LogP contribution in [-0.4, -0.2) is 23.5 Å². The Morgan fingerprint density at radius 3 is 2.64 bits per heavy atom. The molecule has 0 spiro atoms. The number of carbonyl (C=O) groups is 1. The molecule has 116 valence electrons. The van der Waals surface area contributed by atoms with Crippen LogP contribution in [0.25, 0.3) is 0 Å². The Bertz CT molecular complexity index is 626. The second-order valence-electron chi connectivity index (χ2n) is 5.36. The van der Waals surface area contributed by atoms with Crippen LogP contribution in [0.1, 0.15) is 29.9 Å². The number of amides is 1. The van der Waals surface area contributed by atoms with Crippen molar-refractivity contribution in [2.45, 2.75) is 26.3 Å². The van der Waals surface area contributed by atoms with Gasteiger partial charge in [0, 0.05) is 29.5 Å². The van der Waals surface area contributed by atoms with Crippen molar-refractivity contribution in [1.82, 2.24) is 10.3 Å². The first-order valence-corrected chi connectivity index (χ1v) is 7.67. The van der Waals surface area contributed by atoms with Crippen molar-refractivity contribution in [3.8, 4) is 0 Å². The molecule has 0 saturated carbocycles. The third kappa shape index (κ3) is 5.04. The smallest absolute Gasteiger partial charge is 0.269 e. The Hall–Kier alpha value is -2.07. The van der Waals surface area contributed by atoms with Gasteiger partial charge in [-0.2, -0.15) is 0 Å². The number of hydrogen-bond donors (Lipinski definition) is 2. The van der Waals surface area contributed by atoms with Crippen LogP contribution in [0, 0.1) is 0 Å². The Labute approximate surface area is 135 Å². The Kier molecular flexibility index (Phi) is 5.78. The van der Waals surface area contributed by atoms with Crippen LogP contribution < -0.4 is 10.6 Å². The monoisotopic (exact) mass is 317 g/mol. The molecule has 0 bridgehead atoms. The number of nitrogens with one attached hydrogen (secondary N) is 2. The van der Waals surface area contributed by atoms with Crippen molar-refractivity contribution in [2.24, 2.45) is 0 Å². The van der Waals surface area contributed by atoms with Gasteiger partial charge in [0.1, 0.15) is 5.69 Å². The summed E-state index contributed by atoms with van der Waals surface area (Å²) in [5.41, 5.74) is 2.45. The van der Waals surface area contributed by atoms with Gasteiger partial charge in [-0.05, 0) is 50.1 Å². The minimum atomic E-state index is -0.165. The molecule has 2 aromatic rings. The van der Waals surface area contributed by atoms with E-state index in [4.69, 9.17) is 11.6 Å². The van der Waals surface area contributed by atoms with Gasteiger partial charge in [-0.15, -0.1) is 0 Å². The minimum absolute atomic E-state index is 0.165. The van der Waals surface area contributed by atoms with Gasteiger partial charge < -0.3 is 10.6 Å². The Balaban J connectivity index is 1.88. The molecule has 4 nitrogen and oxygen atoms in total. The van der Waals surface area contributed by atoms with E-state index in [-0.39, 0.29) is 5.91 Å². The maximum absolute atomic E-state index is 12.1. The summed E-state index contributed by atoms with van der Waals surface area (Å²) in [6.07, 6.45) is 2.39. The zero-order chi connectivity index (χ0) is 15.9. The first kappa shape index (κ1) is 16.3. The lowest BCUT2D eigenvalue weighted by atomic mass is 10.1.